The molecule has 6 heteroatoms. The first-order valence-corrected chi connectivity index (χ1v) is 10.4. The normalized spacial score (nSPS) is 15.7. The number of hydrogen-bond donors (Lipinski definition) is 1. The molecule has 0 radical (unpaired) electrons. The van der Waals surface area contributed by atoms with Gasteiger partial charge in [0.2, 0.25) is 0 Å². The van der Waals surface area contributed by atoms with E-state index in [1.165, 1.54) is 16.5 Å². The fourth-order valence-electron chi connectivity index (χ4n) is 4.27. The van der Waals surface area contributed by atoms with Crippen LogP contribution in [0, 0.1) is 0 Å². The van der Waals surface area contributed by atoms with E-state index in [0.29, 0.717) is 5.92 Å². The van der Waals surface area contributed by atoms with Gasteiger partial charge in [-0.15, -0.1) is 10.2 Å². The summed E-state index contributed by atoms with van der Waals surface area (Å²) in [6.45, 7) is 1.70. The summed E-state index contributed by atoms with van der Waals surface area (Å²) >= 11 is 0. The SMILES string of the molecule is CN(C)c1nc2ccccc2cc1CNc1ccc([C@H]2CCc3nncn3C2)cc1. The number of aryl methyl sites for hydroxylation is 1. The standard InChI is InChI=1S/C24H26N6/c1-29(2)24-20(13-18-5-3-4-6-22(18)27-24)14-25-21-10-7-17(8-11-21)19-9-12-23-28-26-16-30(23)15-19/h3-8,10-11,13,16,19,25H,9,12,14-15H2,1-2H3/t19-/m0/s1. The minimum Gasteiger partial charge on any atom is -0.381 e. The Balaban J connectivity index is 1.31. The van der Waals surface area contributed by atoms with Crippen molar-refractivity contribution in [3.05, 3.63) is 77.9 Å². The first-order chi connectivity index (χ1) is 14.7. The predicted molar refractivity (Wildman–Crippen MR) is 121 cm³/mol. The summed E-state index contributed by atoms with van der Waals surface area (Å²) in [5.74, 6) is 2.63. The molecule has 1 aliphatic heterocycles. The van der Waals surface area contributed by atoms with Crippen LogP contribution in [0.4, 0.5) is 11.5 Å². The van der Waals surface area contributed by atoms with Gasteiger partial charge >= 0.3 is 0 Å². The van der Waals surface area contributed by atoms with Crippen molar-refractivity contribution >= 4 is 22.4 Å². The van der Waals surface area contributed by atoms with Crippen LogP contribution < -0.4 is 10.2 Å². The molecule has 3 heterocycles. The molecule has 0 spiro atoms. The van der Waals surface area contributed by atoms with Crippen LogP contribution in [-0.2, 0) is 19.5 Å². The third kappa shape index (κ3) is 3.61. The molecule has 0 bridgehead atoms. The van der Waals surface area contributed by atoms with Crippen LogP contribution in [0.25, 0.3) is 10.9 Å². The van der Waals surface area contributed by atoms with Gasteiger partial charge in [0.05, 0.1) is 5.52 Å². The quantitative estimate of drug-likeness (QED) is 0.545. The van der Waals surface area contributed by atoms with Crippen molar-refractivity contribution in [1.29, 1.82) is 0 Å². The summed E-state index contributed by atoms with van der Waals surface area (Å²) in [4.78, 5) is 6.93. The van der Waals surface area contributed by atoms with Gasteiger partial charge in [0.15, 0.2) is 0 Å². The highest BCUT2D eigenvalue weighted by molar-refractivity contribution is 5.81. The van der Waals surface area contributed by atoms with E-state index in [0.717, 1.165) is 48.8 Å². The zero-order valence-corrected chi connectivity index (χ0v) is 17.4. The van der Waals surface area contributed by atoms with Crippen molar-refractivity contribution in [3.63, 3.8) is 0 Å². The minimum atomic E-state index is 0.521. The maximum atomic E-state index is 4.85. The third-order valence-corrected chi connectivity index (χ3v) is 5.90. The van der Waals surface area contributed by atoms with Gasteiger partial charge in [-0.2, -0.15) is 0 Å². The Hall–Kier alpha value is -3.41. The minimum absolute atomic E-state index is 0.521. The second kappa shape index (κ2) is 7.78. The van der Waals surface area contributed by atoms with Crippen LogP contribution in [0.3, 0.4) is 0 Å². The molecule has 0 amide bonds. The van der Waals surface area contributed by atoms with Gasteiger partial charge in [0.25, 0.3) is 0 Å². The molecule has 30 heavy (non-hydrogen) atoms. The van der Waals surface area contributed by atoms with Crippen molar-refractivity contribution in [2.45, 2.75) is 31.8 Å². The lowest BCUT2D eigenvalue weighted by Gasteiger charge is -2.23. The summed E-state index contributed by atoms with van der Waals surface area (Å²) in [5.41, 5.74) is 4.71. The maximum absolute atomic E-state index is 4.85. The smallest absolute Gasteiger partial charge is 0.133 e. The van der Waals surface area contributed by atoms with Gasteiger partial charge in [0, 0.05) is 56.2 Å². The number of pyridine rings is 1. The van der Waals surface area contributed by atoms with E-state index < -0.39 is 0 Å². The number of benzene rings is 2. The number of nitrogens with zero attached hydrogens (tertiary/aromatic N) is 5. The molecule has 1 N–H and O–H groups in total. The van der Waals surface area contributed by atoms with Crippen molar-refractivity contribution in [3.8, 4) is 0 Å². The molecular formula is C24H26N6. The molecule has 1 atom stereocenters. The van der Waals surface area contributed by atoms with Crippen molar-refractivity contribution in [2.24, 2.45) is 0 Å². The Bertz CT molecular complexity index is 1160. The van der Waals surface area contributed by atoms with Gasteiger partial charge in [-0.25, -0.2) is 4.98 Å². The van der Waals surface area contributed by atoms with Gasteiger partial charge in [-0.3, -0.25) is 0 Å². The van der Waals surface area contributed by atoms with Gasteiger partial charge in [0.1, 0.15) is 18.0 Å². The zero-order valence-electron chi connectivity index (χ0n) is 17.4. The van der Waals surface area contributed by atoms with Crippen LogP contribution in [0.1, 0.15) is 29.3 Å². The Morgan fingerprint density at radius 2 is 1.93 bits per heavy atom. The van der Waals surface area contributed by atoms with Crippen molar-refractivity contribution in [1.82, 2.24) is 19.7 Å². The lowest BCUT2D eigenvalue weighted by atomic mass is 9.91. The summed E-state index contributed by atoms with van der Waals surface area (Å²) in [5, 5.41) is 13.0. The van der Waals surface area contributed by atoms with E-state index in [4.69, 9.17) is 4.98 Å². The van der Waals surface area contributed by atoms with Crippen LogP contribution in [0.2, 0.25) is 0 Å². The number of rotatable bonds is 5. The topological polar surface area (TPSA) is 58.9 Å². The van der Waals surface area contributed by atoms with E-state index >= 15 is 0 Å². The number of hydrogen-bond acceptors (Lipinski definition) is 5. The monoisotopic (exact) mass is 398 g/mol. The molecule has 1 aliphatic rings. The zero-order chi connectivity index (χ0) is 20.5. The van der Waals surface area contributed by atoms with Crippen LogP contribution in [0.15, 0.2) is 60.9 Å². The molecule has 0 fully saturated rings. The van der Waals surface area contributed by atoms with Crippen molar-refractivity contribution in [2.75, 3.05) is 24.3 Å². The molecule has 0 saturated heterocycles. The molecule has 4 aromatic rings. The van der Waals surface area contributed by atoms with Gasteiger partial charge < -0.3 is 14.8 Å². The molecular weight excluding hydrogens is 372 g/mol. The first-order valence-electron chi connectivity index (χ1n) is 10.4. The van der Waals surface area contributed by atoms with E-state index in [9.17, 15) is 0 Å². The Kier molecular flexibility index (Phi) is 4.83. The Labute approximate surface area is 176 Å². The molecule has 6 nitrogen and oxygen atoms in total. The second-order valence-electron chi connectivity index (χ2n) is 8.17. The second-order valence-corrected chi connectivity index (χ2v) is 8.17. The number of nitrogens with one attached hydrogen (secondary N) is 1. The van der Waals surface area contributed by atoms with Crippen LogP contribution in [0.5, 0.6) is 0 Å². The van der Waals surface area contributed by atoms with E-state index in [2.05, 4.69) is 73.5 Å². The molecule has 0 saturated carbocycles. The van der Waals surface area contributed by atoms with Crippen molar-refractivity contribution < 1.29 is 0 Å². The molecule has 5 rings (SSSR count). The fourth-order valence-corrected chi connectivity index (χ4v) is 4.27. The van der Waals surface area contributed by atoms with E-state index in [1.807, 2.05) is 26.5 Å². The number of para-hydroxylation sites is 1. The highest BCUT2D eigenvalue weighted by atomic mass is 15.3. The average Bonchev–Trinajstić information content (AvgIpc) is 3.25. The third-order valence-electron chi connectivity index (χ3n) is 5.90. The lowest BCUT2D eigenvalue weighted by molar-refractivity contribution is 0.456. The van der Waals surface area contributed by atoms with Gasteiger partial charge in [-0.05, 0) is 36.2 Å². The maximum Gasteiger partial charge on any atom is 0.133 e. The van der Waals surface area contributed by atoms with E-state index in [-0.39, 0.29) is 0 Å². The molecule has 0 aliphatic carbocycles. The summed E-state index contributed by atoms with van der Waals surface area (Å²) in [6, 6.07) is 19.4. The summed E-state index contributed by atoms with van der Waals surface area (Å²) in [7, 11) is 4.08. The molecule has 2 aromatic carbocycles. The average molecular weight is 399 g/mol. The van der Waals surface area contributed by atoms with Gasteiger partial charge in [-0.1, -0.05) is 30.3 Å². The number of anilines is 2. The Morgan fingerprint density at radius 1 is 1.10 bits per heavy atom. The summed E-state index contributed by atoms with van der Waals surface area (Å²) < 4.78 is 2.18. The van der Waals surface area contributed by atoms with Crippen LogP contribution in [-0.4, -0.2) is 33.8 Å². The first kappa shape index (κ1) is 18.6. The number of fused-ring (bicyclic) bond motifs is 2. The highest BCUT2D eigenvalue weighted by Crippen LogP contribution is 2.29. The highest BCUT2D eigenvalue weighted by Gasteiger charge is 2.20. The number of aromatic nitrogens is 4. The van der Waals surface area contributed by atoms with Crippen LogP contribution >= 0.6 is 0 Å². The predicted octanol–water partition coefficient (Wildman–Crippen LogP) is 4.23. The van der Waals surface area contributed by atoms with E-state index in [1.54, 1.807) is 0 Å². The Morgan fingerprint density at radius 3 is 2.77 bits per heavy atom. The molecule has 152 valence electrons. The largest absolute Gasteiger partial charge is 0.381 e. The summed E-state index contributed by atoms with van der Waals surface area (Å²) in [6.07, 6.45) is 3.96. The fraction of sp³-hybridized carbons (Fsp3) is 0.292. The lowest BCUT2D eigenvalue weighted by Crippen LogP contribution is -2.18. The molecule has 0 unspecified atom stereocenters. The molecule has 2 aromatic heterocycles.